The second-order valence-electron chi connectivity index (χ2n) is 2.54. The first-order valence-electron chi connectivity index (χ1n) is 4.11. The summed E-state index contributed by atoms with van der Waals surface area (Å²) in [5.41, 5.74) is 0. The van der Waals surface area contributed by atoms with E-state index in [0.29, 0.717) is 12.4 Å². The van der Waals surface area contributed by atoms with Gasteiger partial charge in [-0.25, -0.2) is 0 Å². The summed E-state index contributed by atoms with van der Waals surface area (Å²) < 4.78 is 9.59. The number of carbonyl (C=O) groups is 1. The lowest BCUT2D eigenvalue weighted by Crippen LogP contribution is -2.09. The summed E-state index contributed by atoms with van der Waals surface area (Å²) in [4.78, 5) is 10.9. The standard InChI is InChI=1S/C9H12O4/c1-2-12-9(11)6-7(10)8-4-3-5-13-8/h3-5,7,10H,2,6H2,1H3/t7-/m1/s1. The van der Waals surface area contributed by atoms with Gasteiger partial charge >= 0.3 is 5.97 Å². The highest BCUT2D eigenvalue weighted by molar-refractivity contribution is 5.70. The summed E-state index contributed by atoms with van der Waals surface area (Å²) in [5.74, 6) is -0.0422. The maximum atomic E-state index is 10.9. The average Bonchev–Trinajstić information content (AvgIpc) is 2.55. The zero-order valence-electron chi connectivity index (χ0n) is 7.40. The van der Waals surface area contributed by atoms with E-state index in [2.05, 4.69) is 4.74 Å². The van der Waals surface area contributed by atoms with E-state index in [9.17, 15) is 9.90 Å². The number of ether oxygens (including phenoxy) is 1. The maximum absolute atomic E-state index is 10.9. The predicted octanol–water partition coefficient (Wildman–Crippen LogP) is 1.27. The van der Waals surface area contributed by atoms with Crippen LogP contribution >= 0.6 is 0 Å². The number of esters is 1. The van der Waals surface area contributed by atoms with Gasteiger partial charge in [0.15, 0.2) is 0 Å². The fourth-order valence-electron chi connectivity index (χ4n) is 0.959. The van der Waals surface area contributed by atoms with Crippen LogP contribution in [0.2, 0.25) is 0 Å². The Hall–Kier alpha value is -1.29. The molecule has 0 aliphatic carbocycles. The third kappa shape index (κ3) is 2.91. The summed E-state index contributed by atoms with van der Waals surface area (Å²) in [7, 11) is 0. The number of furan rings is 1. The zero-order chi connectivity index (χ0) is 9.68. The van der Waals surface area contributed by atoms with Crippen molar-refractivity contribution in [1.82, 2.24) is 0 Å². The van der Waals surface area contributed by atoms with Gasteiger partial charge in [0.25, 0.3) is 0 Å². The first-order chi connectivity index (χ1) is 6.24. The molecule has 0 aliphatic rings. The molecule has 0 radical (unpaired) electrons. The van der Waals surface area contributed by atoms with Crippen LogP contribution in [0, 0.1) is 0 Å². The lowest BCUT2D eigenvalue weighted by Gasteiger charge is -2.06. The number of aliphatic hydroxyl groups excluding tert-OH is 1. The van der Waals surface area contributed by atoms with Gasteiger partial charge in [-0.05, 0) is 19.1 Å². The molecule has 0 fully saturated rings. The summed E-state index contributed by atoms with van der Waals surface area (Å²) in [5, 5.41) is 9.41. The lowest BCUT2D eigenvalue weighted by atomic mass is 10.2. The molecule has 4 heteroatoms. The van der Waals surface area contributed by atoms with Crippen molar-refractivity contribution in [3.63, 3.8) is 0 Å². The lowest BCUT2D eigenvalue weighted by molar-refractivity contribution is -0.145. The van der Waals surface area contributed by atoms with E-state index in [1.165, 1.54) is 6.26 Å². The van der Waals surface area contributed by atoms with E-state index in [0.717, 1.165) is 0 Å². The van der Waals surface area contributed by atoms with Crippen LogP contribution in [-0.2, 0) is 9.53 Å². The van der Waals surface area contributed by atoms with Gasteiger partial charge in [0.1, 0.15) is 11.9 Å². The molecule has 1 N–H and O–H groups in total. The molecule has 13 heavy (non-hydrogen) atoms. The van der Waals surface area contributed by atoms with Gasteiger partial charge in [0.2, 0.25) is 0 Å². The Balaban J connectivity index is 2.42. The third-order valence-corrected chi connectivity index (χ3v) is 1.54. The van der Waals surface area contributed by atoms with Gasteiger partial charge in [-0.2, -0.15) is 0 Å². The minimum atomic E-state index is -0.908. The molecular formula is C9H12O4. The molecule has 0 bridgehead atoms. The molecule has 0 saturated heterocycles. The molecule has 0 aliphatic heterocycles. The van der Waals surface area contributed by atoms with Crippen molar-refractivity contribution < 1.29 is 19.1 Å². The van der Waals surface area contributed by atoms with Crippen LogP contribution in [0.4, 0.5) is 0 Å². The summed E-state index contributed by atoms with van der Waals surface area (Å²) in [6.45, 7) is 2.04. The van der Waals surface area contributed by atoms with Crippen LogP contribution in [0.5, 0.6) is 0 Å². The number of rotatable bonds is 4. The monoisotopic (exact) mass is 184 g/mol. The van der Waals surface area contributed by atoms with E-state index < -0.39 is 12.1 Å². The Labute approximate surface area is 76.1 Å². The first kappa shape index (κ1) is 9.80. The predicted molar refractivity (Wildman–Crippen MR) is 44.9 cm³/mol. The number of hydrogen-bond acceptors (Lipinski definition) is 4. The van der Waals surface area contributed by atoms with E-state index in [1.807, 2.05) is 0 Å². The topological polar surface area (TPSA) is 59.7 Å². The van der Waals surface area contributed by atoms with Crippen molar-refractivity contribution in [2.75, 3.05) is 6.61 Å². The molecule has 0 aromatic carbocycles. The molecule has 0 unspecified atom stereocenters. The van der Waals surface area contributed by atoms with Crippen molar-refractivity contribution in [2.24, 2.45) is 0 Å². The Morgan fingerprint density at radius 1 is 1.77 bits per heavy atom. The SMILES string of the molecule is CCOC(=O)C[C@@H](O)c1ccco1. The van der Waals surface area contributed by atoms with Gasteiger partial charge in [-0.3, -0.25) is 4.79 Å². The second-order valence-corrected chi connectivity index (χ2v) is 2.54. The van der Waals surface area contributed by atoms with Crippen LogP contribution in [0.25, 0.3) is 0 Å². The van der Waals surface area contributed by atoms with Gasteiger partial charge in [0.05, 0.1) is 19.3 Å². The van der Waals surface area contributed by atoms with Crippen LogP contribution < -0.4 is 0 Å². The number of hydrogen-bond donors (Lipinski definition) is 1. The normalized spacial score (nSPS) is 12.5. The molecular weight excluding hydrogens is 172 g/mol. The van der Waals surface area contributed by atoms with E-state index in [1.54, 1.807) is 19.1 Å². The zero-order valence-corrected chi connectivity index (χ0v) is 7.40. The summed E-state index contributed by atoms with van der Waals surface area (Å²) in [6, 6.07) is 3.27. The summed E-state index contributed by atoms with van der Waals surface area (Å²) in [6.07, 6.45) is 0.472. The fourth-order valence-corrected chi connectivity index (χ4v) is 0.959. The first-order valence-corrected chi connectivity index (χ1v) is 4.11. The van der Waals surface area contributed by atoms with Crippen molar-refractivity contribution in [2.45, 2.75) is 19.4 Å². The Kier molecular flexibility index (Phi) is 3.52. The molecule has 0 amide bonds. The van der Waals surface area contributed by atoms with E-state index in [4.69, 9.17) is 4.42 Å². The largest absolute Gasteiger partial charge is 0.467 e. The Morgan fingerprint density at radius 3 is 3.08 bits per heavy atom. The van der Waals surface area contributed by atoms with Crippen LogP contribution in [0.3, 0.4) is 0 Å². The quantitative estimate of drug-likeness (QED) is 0.716. The molecule has 1 heterocycles. The minimum Gasteiger partial charge on any atom is -0.467 e. The molecule has 1 aromatic heterocycles. The van der Waals surface area contributed by atoms with Crippen LogP contribution in [0.1, 0.15) is 25.2 Å². The molecule has 0 spiro atoms. The smallest absolute Gasteiger partial charge is 0.308 e. The van der Waals surface area contributed by atoms with Crippen LogP contribution in [0.15, 0.2) is 22.8 Å². The molecule has 0 saturated carbocycles. The highest BCUT2D eigenvalue weighted by atomic mass is 16.5. The number of aliphatic hydroxyl groups is 1. The minimum absolute atomic E-state index is 0.0681. The molecule has 1 atom stereocenters. The molecule has 1 rings (SSSR count). The molecule has 72 valence electrons. The van der Waals surface area contributed by atoms with Gasteiger partial charge < -0.3 is 14.3 Å². The summed E-state index contributed by atoms with van der Waals surface area (Å²) >= 11 is 0. The van der Waals surface area contributed by atoms with Crippen molar-refractivity contribution >= 4 is 5.97 Å². The van der Waals surface area contributed by atoms with Crippen molar-refractivity contribution in [1.29, 1.82) is 0 Å². The Bertz CT molecular complexity index is 253. The fraction of sp³-hybridized carbons (Fsp3) is 0.444. The molecule has 1 aromatic rings. The highest BCUT2D eigenvalue weighted by Crippen LogP contribution is 2.16. The average molecular weight is 184 g/mol. The van der Waals surface area contributed by atoms with E-state index >= 15 is 0 Å². The van der Waals surface area contributed by atoms with E-state index in [-0.39, 0.29) is 6.42 Å². The Morgan fingerprint density at radius 2 is 2.54 bits per heavy atom. The van der Waals surface area contributed by atoms with Gasteiger partial charge in [-0.15, -0.1) is 0 Å². The van der Waals surface area contributed by atoms with Crippen LogP contribution in [-0.4, -0.2) is 17.7 Å². The second kappa shape index (κ2) is 4.67. The van der Waals surface area contributed by atoms with Gasteiger partial charge in [-0.1, -0.05) is 0 Å². The number of carbonyl (C=O) groups excluding carboxylic acids is 1. The third-order valence-electron chi connectivity index (χ3n) is 1.54. The van der Waals surface area contributed by atoms with Crippen molar-refractivity contribution in [3.8, 4) is 0 Å². The maximum Gasteiger partial charge on any atom is 0.308 e. The van der Waals surface area contributed by atoms with Crippen molar-refractivity contribution in [3.05, 3.63) is 24.2 Å². The molecule has 4 nitrogen and oxygen atoms in total. The highest BCUT2D eigenvalue weighted by Gasteiger charge is 2.15. The van der Waals surface area contributed by atoms with Gasteiger partial charge in [0, 0.05) is 0 Å².